The second-order valence-corrected chi connectivity index (χ2v) is 6.40. The van der Waals surface area contributed by atoms with Crippen molar-refractivity contribution in [2.24, 2.45) is 17.8 Å². The first-order valence-electron chi connectivity index (χ1n) is 7.91. The van der Waals surface area contributed by atoms with Gasteiger partial charge in [0.15, 0.2) is 0 Å². The standard InChI is InChI=1S/C16H33NO/c1-13(2)15-9-8-14(3)12-16(15)18-11-7-5-6-10-17-4/h13-17H,5-12H2,1-4H3. The molecule has 2 nitrogen and oxygen atoms in total. The monoisotopic (exact) mass is 255 g/mol. The van der Waals surface area contributed by atoms with Gasteiger partial charge in [0.2, 0.25) is 0 Å². The Kier molecular flexibility index (Phi) is 7.92. The number of unbranched alkanes of at least 4 members (excludes halogenated alkanes) is 2. The molecule has 0 radical (unpaired) electrons. The lowest BCUT2D eigenvalue weighted by Crippen LogP contribution is -2.34. The van der Waals surface area contributed by atoms with Crippen LogP contribution in [0, 0.1) is 17.8 Å². The molecule has 2 heteroatoms. The van der Waals surface area contributed by atoms with Gasteiger partial charge in [0.25, 0.3) is 0 Å². The van der Waals surface area contributed by atoms with Crippen LogP contribution in [0.1, 0.15) is 59.3 Å². The summed E-state index contributed by atoms with van der Waals surface area (Å²) >= 11 is 0. The van der Waals surface area contributed by atoms with E-state index in [2.05, 4.69) is 26.1 Å². The van der Waals surface area contributed by atoms with Crippen molar-refractivity contribution >= 4 is 0 Å². The van der Waals surface area contributed by atoms with Crippen LogP contribution in [0.4, 0.5) is 0 Å². The zero-order valence-electron chi connectivity index (χ0n) is 12.9. The molecule has 0 aromatic carbocycles. The lowest BCUT2D eigenvalue weighted by atomic mass is 9.75. The zero-order chi connectivity index (χ0) is 13.4. The van der Waals surface area contributed by atoms with Gasteiger partial charge < -0.3 is 10.1 Å². The highest BCUT2D eigenvalue weighted by atomic mass is 16.5. The molecule has 0 spiro atoms. The van der Waals surface area contributed by atoms with Crippen molar-refractivity contribution in [3.8, 4) is 0 Å². The highest BCUT2D eigenvalue weighted by Crippen LogP contribution is 2.35. The first-order chi connectivity index (χ1) is 8.65. The first kappa shape index (κ1) is 16.0. The molecule has 0 saturated heterocycles. The highest BCUT2D eigenvalue weighted by Gasteiger charge is 2.31. The Hall–Kier alpha value is -0.0800. The molecule has 0 heterocycles. The third kappa shape index (κ3) is 5.71. The predicted molar refractivity (Wildman–Crippen MR) is 78.9 cm³/mol. The maximum Gasteiger partial charge on any atom is 0.0608 e. The maximum atomic E-state index is 6.19. The predicted octanol–water partition coefficient (Wildman–Crippen LogP) is 3.85. The number of hydrogen-bond acceptors (Lipinski definition) is 2. The second-order valence-electron chi connectivity index (χ2n) is 6.40. The summed E-state index contributed by atoms with van der Waals surface area (Å²) in [6, 6.07) is 0. The molecule has 108 valence electrons. The maximum absolute atomic E-state index is 6.19. The Morgan fingerprint density at radius 2 is 1.94 bits per heavy atom. The van der Waals surface area contributed by atoms with E-state index in [1.807, 2.05) is 7.05 Å². The zero-order valence-corrected chi connectivity index (χ0v) is 12.9. The lowest BCUT2D eigenvalue weighted by Gasteiger charge is -2.37. The van der Waals surface area contributed by atoms with Crippen molar-refractivity contribution in [1.82, 2.24) is 5.32 Å². The molecule has 0 aliphatic heterocycles. The fourth-order valence-electron chi connectivity index (χ4n) is 3.12. The van der Waals surface area contributed by atoms with Crippen LogP contribution in [0.3, 0.4) is 0 Å². The summed E-state index contributed by atoms with van der Waals surface area (Å²) in [7, 11) is 2.02. The van der Waals surface area contributed by atoms with Crippen LogP contribution in [-0.2, 0) is 4.74 Å². The summed E-state index contributed by atoms with van der Waals surface area (Å²) in [5.41, 5.74) is 0. The summed E-state index contributed by atoms with van der Waals surface area (Å²) in [5, 5.41) is 3.19. The quantitative estimate of drug-likeness (QED) is 0.665. The molecule has 1 saturated carbocycles. The summed E-state index contributed by atoms with van der Waals surface area (Å²) < 4.78 is 6.19. The van der Waals surface area contributed by atoms with Crippen molar-refractivity contribution in [1.29, 1.82) is 0 Å². The van der Waals surface area contributed by atoms with Crippen LogP contribution in [0.25, 0.3) is 0 Å². The van der Waals surface area contributed by atoms with Crippen molar-refractivity contribution < 1.29 is 4.74 Å². The molecule has 18 heavy (non-hydrogen) atoms. The average molecular weight is 255 g/mol. The van der Waals surface area contributed by atoms with Gasteiger partial charge in [-0.15, -0.1) is 0 Å². The van der Waals surface area contributed by atoms with E-state index < -0.39 is 0 Å². The lowest BCUT2D eigenvalue weighted by molar-refractivity contribution is -0.0394. The molecule has 3 atom stereocenters. The van der Waals surface area contributed by atoms with Gasteiger partial charge >= 0.3 is 0 Å². The number of ether oxygens (including phenoxy) is 1. The van der Waals surface area contributed by atoms with E-state index in [9.17, 15) is 0 Å². The van der Waals surface area contributed by atoms with Crippen LogP contribution in [0.5, 0.6) is 0 Å². The van der Waals surface area contributed by atoms with Crippen LogP contribution in [-0.4, -0.2) is 26.3 Å². The smallest absolute Gasteiger partial charge is 0.0608 e. The Morgan fingerprint density at radius 1 is 1.17 bits per heavy atom. The summed E-state index contributed by atoms with van der Waals surface area (Å²) in [6.45, 7) is 9.17. The normalized spacial score (nSPS) is 28.8. The molecule has 3 unspecified atom stereocenters. The van der Waals surface area contributed by atoms with Gasteiger partial charge in [0.05, 0.1) is 6.10 Å². The van der Waals surface area contributed by atoms with Crippen molar-refractivity contribution in [2.75, 3.05) is 20.2 Å². The Morgan fingerprint density at radius 3 is 2.61 bits per heavy atom. The topological polar surface area (TPSA) is 21.3 Å². The molecular weight excluding hydrogens is 222 g/mol. The van der Waals surface area contributed by atoms with Gasteiger partial charge in [-0.25, -0.2) is 0 Å². The Labute approximate surface area is 114 Å². The average Bonchev–Trinajstić information content (AvgIpc) is 2.33. The molecule has 1 fully saturated rings. The minimum atomic E-state index is 0.526. The first-order valence-corrected chi connectivity index (χ1v) is 7.91. The summed E-state index contributed by atoms with van der Waals surface area (Å²) in [6.07, 6.45) is 8.34. The number of nitrogens with one attached hydrogen (secondary N) is 1. The third-order valence-corrected chi connectivity index (χ3v) is 4.36. The van der Waals surface area contributed by atoms with Gasteiger partial charge in [-0.05, 0) is 63.5 Å². The van der Waals surface area contributed by atoms with Crippen molar-refractivity contribution in [2.45, 2.75) is 65.4 Å². The minimum absolute atomic E-state index is 0.526. The molecule has 0 bridgehead atoms. The van der Waals surface area contributed by atoms with E-state index in [1.54, 1.807) is 0 Å². The fourth-order valence-corrected chi connectivity index (χ4v) is 3.12. The molecular formula is C16H33NO. The summed E-state index contributed by atoms with van der Waals surface area (Å²) in [4.78, 5) is 0. The van der Waals surface area contributed by atoms with Gasteiger partial charge in [0, 0.05) is 6.61 Å². The Balaban J connectivity index is 2.20. The molecule has 1 N–H and O–H groups in total. The van der Waals surface area contributed by atoms with Gasteiger partial charge in [-0.3, -0.25) is 0 Å². The highest BCUT2D eigenvalue weighted by molar-refractivity contribution is 4.81. The summed E-state index contributed by atoms with van der Waals surface area (Å²) in [5.74, 6) is 2.42. The minimum Gasteiger partial charge on any atom is -0.378 e. The van der Waals surface area contributed by atoms with Crippen molar-refractivity contribution in [3.05, 3.63) is 0 Å². The van der Waals surface area contributed by atoms with Gasteiger partial charge in [0.1, 0.15) is 0 Å². The van der Waals surface area contributed by atoms with Crippen LogP contribution >= 0.6 is 0 Å². The fraction of sp³-hybridized carbons (Fsp3) is 1.00. The van der Waals surface area contributed by atoms with E-state index in [0.717, 1.165) is 30.9 Å². The largest absolute Gasteiger partial charge is 0.378 e. The van der Waals surface area contributed by atoms with Crippen LogP contribution in [0.15, 0.2) is 0 Å². The molecule has 1 rings (SSSR count). The number of rotatable bonds is 8. The SMILES string of the molecule is CNCCCCCOC1CC(C)CCC1C(C)C. The third-order valence-electron chi connectivity index (χ3n) is 4.36. The molecule has 0 amide bonds. The van der Waals surface area contributed by atoms with E-state index >= 15 is 0 Å². The van der Waals surface area contributed by atoms with E-state index in [0.29, 0.717) is 6.10 Å². The second kappa shape index (κ2) is 8.92. The van der Waals surface area contributed by atoms with E-state index in [1.165, 1.54) is 38.5 Å². The molecule has 0 aromatic rings. The van der Waals surface area contributed by atoms with Crippen LogP contribution in [0.2, 0.25) is 0 Å². The molecule has 1 aliphatic carbocycles. The molecule has 0 aromatic heterocycles. The van der Waals surface area contributed by atoms with Gasteiger partial charge in [-0.1, -0.05) is 27.2 Å². The number of hydrogen-bond donors (Lipinski definition) is 1. The van der Waals surface area contributed by atoms with Gasteiger partial charge in [-0.2, -0.15) is 0 Å². The van der Waals surface area contributed by atoms with E-state index in [-0.39, 0.29) is 0 Å². The van der Waals surface area contributed by atoms with Crippen LogP contribution < -0.4 is 5.32 Å². The van der Waals surface area contributed by atoms with Crippen molar-refractivity contribution in [3.63, 3.8) is 0 Å². The Bertz CT molecular complexity index is 205. The molecule has 1 aliphatic rings. The van der Waals surface area contributed by atoms with E-state index in [4.69, 9.17) is 4.74 Å².